The molecule has 3 aromatic rings. The van der Waals surface area contributed by atoms with Gasteiger partial charge < -0.3 is 15.1 Å². The van der Waals surface area contributed by atoms with Gasteiger partial charge in [0.2, 0.25) is 0 Å². The van der Waals surface area contributed by atoms with Gasteiger partial charge in [-0.25, -0.2) is 4.79 Å². The molecule has 6 heteroatoms. The number of nitrogens with zero attached hydrogens (tertiary/aromatic N) is 3. The van der Waals surface area contributed by atoms with Crippen LogP contribution in [-0.4, -0.2) is 39.8 Å². The molecule has 3 amide bonds. The summed E-state index contributed by atoms with van der Waals surface area (Å²) in [4.78, 5) is 33.4. The third kappa shape index (κ3) is 4.12. The molecule has 32 heavy (non-hydrogen) atoms. The highest BCUT2D eigenvalue weighted by molar-refractivity contribution is 5.94. The van der Waals surface area contributed by atoms with Gasteiger partial charge in [0.15, 0.2) is 0 Å². The van der Waals surface area contributed by atoms with Gasteiger partial charge in [0.05, 0.1) is 17.6 Å². The van der Waals surface area contributed by atoms with Gasteiger partial charge in [-0.05, 0) is 47.4 Å². The lowest BCUT2D eigenvalue weighted by Crippen LogP contribution is -2.34. The van der Waals surface area contributed by atoms with E-state index in [1.54, 1.807) is 11.1 Å². The maximum absolute atomic E-state index is 12.6. The third-order valence-electron chi connectivity index (χ3n) is 5.99. The van der Waals surface area contributed by atoms with Crippen molar-refractivity contribution in [3.63, 3.8) is 0 Å². The number of anilines is 1. The Bertz CT molecular complexity index is 1150. The summed E-state index contributed by atoms with van der Waals surface area (Å²) in [6.07, 6.45) is 4.51. The smallest absolute Gasteiger partial charge is 0.322 e. The second kappa shape index (κ2) is 8.67. The van der Waals surface area contributed by atoms with Gasteiger partial charge in [-0.1, -0.05) is 48.5 Å². The number of hydrogen-bond acceptors (Lipinski definition) is 3. The molecule has 0 fully saturated rings. The van der Waals surface area contributed by atoms with Crippen molar-refractivity contribution in [2.75, 3.05) is 18.4 Å². The van der Waals surface area contributed by atoms with Crippen LogP contribution in [0.4, 0.5) is 10.5 Å². The monoisotopic (exact) mass is 424 g/mol. The van der Waals surface area contributed by atoms with Crippen molar-refractivity contribution in [2.24, 2.45) is 0 Å². The van der Waals surface area contributed by atoms with E-state index in [0.717, 1.165) is 17.7 Å². The summed E-state index contributed by atoms with van der Waals surface area (Å²) in [6.45, 7) is 2.48. The summed E-state index contributed by atoms with van der Waals surface area (Å²) in [5.41, 5.74) is 5.77. The fourth-order valence-corrected chi connectivity index (χ4v) is 4.19. The minimum Gasteiger partial charge on any atom is -0.335 e. The molecular weight excluding hydrogens is 400 g/mol. The van der Waals surface area contributed by atoms with E-state index >= 15 is 0 Å². The highest BCUT2D eigenvalue weighted by Crippen LogP contribution is 2.25. The van der Waals surface area contributed by atoms with Crippen molar-refractivity contribution < 1.29 is 9.59 Å². The molecular formula is C26H24N4O2. The first-order chi connectivity index (χ1) is 15.7. The number of benzene rings is 2. The Morgan fingerprint density at radius 3 is 2.19 bits per heavy atom. The van der Waals surface area contributed by atoms with Crippen LogP contribution in [-0.2, 0) is 13.1 Å². The van der Waals surface area contributed by atoms with Gasteiger partial charge in [-0.3, -0.25) is 9.78 Å². The Labute approximate surface area is 187 Å². The fourth-order valence-electron chi connectivity index (χ4n) is 4.19. The van der Waals surface area contributed by atoms with Crippen LogP contribution in [0.1, 0.15) is 33.6 Å². The number of carbonyl (C=O) groups excluding carboxylic acids is 2. The largest absolute Gasteiger partial charge is 0.335 e. The summed E-state index contributed by atoms with van der Waals surface area (Å²) in [6, 6.07) is 21.2. The van der Waals surface area contributed by atoms with Gasteiger partial charge in [-0.15, -0.1) is 0 Å². The Kier molecular flexibility index (Phi) is 5.42. The summed E-state index contributed by atoms with van der Waals surface area (Å²) in [5.74, 6) is 0.0518. The van der Waals surface area contributed by atoms with Gasteiger partial charge >= 0.3 is 6.03 Å². The van der Waals surface area contributed by atoms with E-state index in [1.807, 2.05) is 59.5 Å². The lowest BCUT2D eigenvalue weighted by Gasteiger charge is -2.26. The number of aromatic nitrogens is 1. The molecule has 1 aromatic heterocycles. The lowest BCUT2D eigenvalue weighted by molar-refractivity contribution is 0.0773. The predicted octanol–water partition coefficient (Wildman–Crippen LogP) is 4.56. The molecule has 0 bridgehead atoms. The molecule has 0 atom stereocenters. The number of hydrogen-bond donors (Lipinski definition) is 1. The average Bonchev–Trinajstić information content (AvgIpc) is 3.29. The molecule has 5 rings (SSSR count). The van der Waals surface area contributed by atoms with E-state index < -0.39 is 0 Å². The molecule has 0 spiro atoms. The molecule has 2 aromatic carbocycles. The number of carbonyl (C=O) groups is 2. The first-order valence-electron chi connectivity index (χ1n) is 10.8. The molecule has 160 valence electrons. The van der Waals surface area contributed by atoms with Gasteiger partial charge in [0, 0.05) is 31.7 Å². The van der Waals surface area contributed by atoms with Crippen molar-refractivity contribution in [1.82, 2.24) is 14.8 Å². The van der Waals surface area contributed by atoms with E-state index in [-0.39, 0.29) is 11.9 Å². The van der Waals surface area contributed by atoms with E-state index in [0.29, 0.717) is 37.4 Å². The summed E-state index contributed by atoms with van der Waals surface area (Å²) < 4.78 is 0. The zero-order valence-corrected chi connectivity index (χ0v) is 17.7. The lowest BCUT2D eigenvalue weighted by atomic mass is 10.0. The van der Waals surface area contributed by atoms with Crippen LogP contribution in [0, 0.1) is 0 Å². The van der Waals surface area contributed by atoms with Crippen molar-refractivity contribution in [2.45, 2.75) is 19.5 Å². The molecule has 6 nitrogen and oxygen atoms in total. The minimum atomic E-state index is -0.123. The normalized spacial score (nSPS) is 15.2. The van der Waals surface area contributed by atoms with Gasteiger partial charge in [0.25, 0.3) is 5.91 Å². The zero-order chi connectivity index (χ0) is 21.9. The highest BCUT2D eigenvalue weighted by Gasteiger charge is 2.23. The molecule has 0 saturated carbocycles. The SMILES string of the molecule is O=C(Nc1ccc(C2=CCN(C(=O)c3ccccc3)CC2)nc1)N1Cc2ccccc2C1. The van der Waals surface area contributed by atoms with Crippen molar-refractivity contribution >= 4 is 23.2 Å². The van der Waals surface area contributed by atoms with E-state index in [1.165, 1.54) is 11.1 Å². The zero-order valence-electron chi connectivity index (χ0n) is 17.7. The van der Waals surface area contributed by atoms with Crippen LogP contribution in [0.3, 0.4) is 0 Å². The maximum atomic E-state index is 12.6. The number of urea groups is 1. The molecule has 3 heterocycles. The fraction of sp³-hybridized carbons (Fsp3) is 0.192. The second-order valence-corrected chi connectivity index (χ2v) is 8.08. The minimum absolute atomic E-state index is 0.0518. The van der Waals surface area contributed by atoms with Crippen LogP contribution in [0.15, 0.2) is 79.0 Å². The number of pyridine rings is 1. The number of nitrogens with one attached hydrogen (secondary N) is 1. The Hall–Kier alpha value is -3.93. The van der Waals surface area contributed by atoms with E-state index in [2.05, 4.69) is 28.5 Å². The highest BCUT2D eigenvalue weighted by atomic mass is 16.2. The summed E-state index contributed by atoms with van der Waals surface area (Å²) in [7, 11) is 0. The summed E-state index contributed by atoms with van der Waals surface area (Å²) >= 11 is 0. The van der Waals surface area contributed by atoms with Gasteiger partial charge in [0.1, 0.15) is 0 Å². The maximum Gasteiger partial charge on any atom is 0.322 e. The number of rotatable bonds is 3. The summed E-state index contributed by atoms with van der Waals surface area (Å²) in [5, 5.41) is 2.94. The number of fused-ring (bicyclic) bond motifs is 1. The Morgan fingerprint density at radius 1 is 0.844 bits per heavy atom. The molecule has 0 radical (unpaired) electrons. The third-order valence-corrected chi connectivity index (χ3v) is 5.99. The van der Waals surface area contributed by atoms with Crippen molar-refractivity contribution in [3.8, 4) is 0 Å². The first kappa shape index (κ1) is 20.0. The van der Waals surface area contributed by atoms with Crippen LogP contribution in [0.25, 0.3) is 5.57 Å². The van der Waals surface area contributed by atoms with Crippen molar-refractivity contribution in [1.29, 1.82) is 0 Å². The molecule has 0 saturated heterocycles. The van der Waals surface area contributed by atoms with Crippen molar-refractivity contribution in [3.05, 3.63) is 101 Å². The standard InChI is InChI=1S/C26H24N4O2/c31-25(20-6-2-1-3-7-20)29-14-12-19(13-15-29)24-11-10-23(16-27-24)28-26(32)30-17-21-8-4-5-9-22(21)18-30/h1-12,16H,13-15,17-18H2,(H,28,32). The molecule has 0 unspecified atom stereocenters. The Balaban J connectivity index is 1.19. The van der Waals surface area contributed by atoms with Crippen LogP contribution in [0.5, 0.6) is 0 Å². The number of amides is 3. The van der Waals surface area contributed by atoms with Crippen LogP contribution >= 0.6 is 0 Å². The quantitative estimate of drug-likeness (QED) is 0.670. The average molecular weight is 425 g/mol. The topological polar surface area (TPSA) is 65.5 Å². The molecule has 2 aliphatic rings. The molecule has 1 N–H and O–H groups in total. The predicted molar refractivity (Wildman–Crippen MR) is 124 cm³/mol. The van der Waals surface area contributed by atoms with Gasteiger partial charge in [-0.2, -0.15) is 0 Å². The first-order valence-corrected chi connectivity index (χ1v) is 10.8. The van der Waals surface area contributed by atoms with Crippen LogP contribution in [0.2, 0.25) is 0 Å². The molecule has 2 aliphatic heterocycles. The van der Waals surface area contributed by atoms with Crippen LogP contribution < -0.4 is 5.32 Å². The van der Waals surface area contributed by atoms with E-state index in [9.17, 15) is 9.59 Å². The second-order valence-electron chi connectivity index (χ2n) is 8.08. The Morgan fingerprint density at radius 2 is 1.56 bits per heavy atom. The molecule has 0 aliphatic carbocycles. The van der Waals surface area contributed by atoms with E-state index in [4.69, 9.17) is 0 Å².